The number of ether oxygens (including phenoxy) is 1. The van der Waals surface area contributed by atoms with E-state index in [1.54, 1.807) is 12.4 Å². The Morgan fingerprint density at radius 1 is 1.05 bits per heavy atom. The molecule has 0 saturated carbocycles. The molecule has 1 heterocycles. The molecule has 0 unspecified atom stereocenters. The molecule has 2 aromatic rings. The van der Waals surface area contributed by atoms with E-state index in [-0.39, 0.29) is 0 Å². The summed E-state index contributed by atoms with van der Waals surface area (Å²) in [5.41, 5.74) is 1.32. The van der Waals surface area contributed by atoms with Gasteiger partial charge >= 0.3 is 0 Å². The van der Waals surface area contributed by atoms with Crippen molar-refractivity contribution in [3.8, 4) is 11.6 Å². The summed E-state index contributed by atoms with van der Waals surface area (Å²) >= 11 is 0. The molecule has 0 bridgehead atoms. The Morgan fingerprint density at radius 2 is 1.85 bits per heavy atom. The molecule has 2 rings (SSSR count). The summed E-state index contributed by atoms with van der Waals surface area (Å²) in [7, 11) is 0. The molecular weight excluding hydrogens is 250 g/mol. The predicted octanol–water partition coefficient (Wildman–Crippen LogP) is 4.04. The van der Waals surface area contributed by atoms with Crippen LogP contribution in [0.15, 0.2) is 36.7 Å². The maximum atomic E-state index is 5.72. The largest absolute Gasteiger partial charge is 0.437 e. The van der Waals surface area contributed by atoms with Crippen molar-refractivity contribution in [3.63, 3.8) is 0 Å². The molecule has 0 amide bonds. The van der Waals surface area contributed by atoms with Crippen LogP contribution in [-0.4, -0.2) is 16.5 Å². The summed E-state index contributed by atoms with van der Waals surface area (Å²) in [6.45, 7) is 5.16. The highest BCUT2D eigenvalue weighted by atomic mass is 16.5. The van der Waals surface area contributed by atoms with Gasteiger partial charge in [-0.25, -0.2) is 0 Å². The van der Waals surface area contributed by atoms with Gasteiger partial charge in [-0.15, -0.1) is 0 Å². The fourth-order valence-corrected chi connectivity index (χ4v) is 1.87. The Bertz CT molecular complexity index is 526. The third kappa shape index (κ3) is 4.23. The van der Waals surface area contributed by atoms with Gasteiger partial charge in [-0.2, -0.15) is 4.98 Å². The number of hydrogen-bond acceptors (Lipinski definition) is 4. The van der Waals surface area contributed by atoms with Crippen molar-refractivity contribution < 1.29 is 4.74 Å². The zero-order chi connectivity index (χ0) is 14.2. The van der Waals surface area contributed by atoms with Gasteiger partial charge in [0.1, 0.15) is 11.6 Å². The van der Waals surface area contributed by atoms with Gasteiger partial charge in [0.05, 0.1) is 12.4 Å². The molecule has 4 nitrogen and oxygen atoms in total. The van der Waals surface area contributed by atoms with Crippen LogP contribution in [0.25, 0.3) is 0 Å². The van der Waals surface area contributed by atoms with E-state index in [9.17, 15) is 0 Å². The first kappa shape index (κ1) is 14.3. The fourth-order valence-electron chi connectivity index (χ4n) is 1.87. The molecule has 0 aliphatic rings. The normalized spacial score (nSPS) is 10.3. The number of benzene rings is 1. The number of aryl methyl sites for hydroxylation is 1. The zero-order valence-corrected chi connectivity index (χ0v) is 12.1. The summed E-state index contributed by atoms with van der Waals surface area (Å²) in [6, 6.07) is 8.12. The zero-order valence-electron chi connectivity index (χ0n) is 12.1. The molecule has 20 heavy (non-hydrogen) atoms. The van der Waals surface area contributed by atoms with Crippen molar-refractivity contribution in [2.75, 3.05) is 11.9 Å². The van der Waals surface area contributed by atoms with Gasteiger partial charge in [-0.05, 0) is 30.5 Å². The second-order valence-corrected chi connectivity index (χ2v) is 4.67. The van der Waals surface area contributed by atoms with Crippen molar-refractivity contribution in [1.82, 2.24) is 9.97 Å². The molecular formula is C16H21N3O. The molecule has 106 valence electrons. The van der Waals surface area contributed by atoms with E-state index in [0.717, 1.165) is 37.4 Å². The summed E-state index contributed by atoms with van der Waals surface area (Å²) in [5, 5.41) is 3.19. The predicted molar refractivity (Wildman–Crippen MR) is 81.3 cm³/mol. The number of rotatable bonds is 7. The molecule has 1 aromatic carbocycles. The van der Waals surface area contributed by atoms with Crippen LogP contribution in [0.3, 0.4) is 0 Å². The Kier molecular flexibility index (Phi) is 5.35. The molecule has 0 radical (unpaired) electrons. The summed E-state index contributed by atoms with van der Waals surface area (Å²) in [4.78, 5) is 8.50. The molecule has 0 aliphatic carbocycles. The van der Waals surface area contributed by atoms with E-state index in [2.05, 4.69) is 41.3 Å². The van der Waals surface area contributed by atoms with E-state index in [0.29, 0.717) is 5.88 Å². The molecule has 0 fully saturated rings. The first-order valence-corrected chi connectivity index (χ1v) is 7.14. The van der Waals surface area contributed by atoms with Crippen LogP contribution in [0.4, 0.5) is 5.82 Å². The highest BCUT2D eigenvalue weighted by molar-refractivity contribution is 5.35. The van der Waals surface area contributed by atoms with Crippen molar-refractivity contribution in [1.29, 1.82) is 0 Å². The van der Waals surface area contributed by atoms with Gasteiger partial charge in [0, 0.05) is 6.54 Å². The van der Waals surface area contributed by atoms with Crippen LogP contribution in [0.1, 0.15) is 32.3 Å². The lowest BCUT2D eigenvalue weighted by Crippen LogP contribution is -2.02. The van der Waals surface area contributed by atoms with Gasteiger partial charge in [0.2, 0.25) is 5.88 Å². The molecule has 1 aromatic heterocycles. The van der Waals surface area contributed by atoms with Crippen molar-refractivity contribution in [3.05, 3.63) is 42.2 Å². The molecule has 0 atom stereocenters. The summed E-state index contributed by atoms with van der Waals surface area (Å²) < 4.78 is 5.72. The maximum Gasteiger partial charge on any atom is 0.239 e. The number of anilines is 1. The van der Waals surface area contributed by atoms with E-state index >= 15 is 0 Å². The fraction of sp³-hybridized carbons (Fsp3) is 0.375. The average molecular weight is 271 g/mol. The quantitative estimate of drug-likeness (QED) is 0.825. The third-order valence-corrected chi connectivity index (χ3v) is 2.85. The maximum absolute atomic E-state index is 5.72. The average Bonchev–Trinajstić information content (AvgIpc) is 2.48. The van der Waals surface area contributed by atoms with E-state index < -0.39 is 0 Å². The van der Waals surface area contributed by atoms with Crippen LogP contribution in [0.2, 0.25) is 0 Å². The number of nitrogens with one attached hydrogen (secondary N) is 1. The Labute approximate surface area is 120 Å². The summed E-state index contributed by atoms with van der Waals surface area (Å²) in [6.07, 6.45) is 6.61. The van der Waals surface area contributed by atoms with Gasteiger partial charge < -0.3 is 10.1 Å². The van der Waals surface area contributed by atoms with E-state index in [1.807, 2.05) is 12.1 Å². The van der Waals surface area contributed by atoms with Crippen LogP contribution in [-0.2, 0) is 6.42 Å². The highest BCUT2D eigenvalue weighted by Gasteiger charge is 2.01. The molecule has 1 N–H and O–H groups in total. The standard InChI is InChI=1S/C16H21N3O/c1-3-5-13-6-8-14(9-7-13)20-16-12-17-11-15(19-16)18-10-4-2/h6-9,11-12H,3-5,10H2,1-2H3,(H,18,19). The lowest BCUT2D eigenvalue weighted by molar-refractivity contribution is 0.460. The molecule has 0 spiro atoms. The van der Waals surface area contributed by atoms with Gasteiger partial charge in [0.15, 0.2) is 0 Å². The lowest BCUT2D eigenvalue weighted by Gasteiger charge is -2.07. The Morgan fingerprint density at radius 3 is 2.55 bits per heavy atom. The minimum Gasteiger partial charge on any atom is -0.437 e. The smallest absolute Gasteiger partial charge is 0.239 e. The first-order valence-electron chi connectivity index (χ1n) is 7.14. The van der Waals surface area contributed by atoms with Crippen LogP contribution in [0.5, 0.6) is 11.6 Å². The lowest BCUT2D eigenvalue weighted by atomic mass is 10.1. The summed E-state index contributed by atoms with van der Waals surface area (Å²) in [5.74, 6) is 2.04. The van der Waals surface area contributed by atoms with Crippen molar-refractivity contribution >= 4 is 5.82 Å². The number of aromatic nitrogens is 2. The molecule has 0 saturated heterocycles. The van der Waals surface area contributed by atoms with Crippen LogP contribution >= 0.6 is 0 Å². The van der Waals surface area contributed by atoms with Gasteiger partial charge in [-0.1, -0.05) is 32.4 Å². The number of nitrogens with zero attached hydrogens (tertiary/aromatic N) is 2. The van der Waals surface area contributed by atoms with E-state index in [4.69, 9.17) is 4.74 Å². The van der Waals surface area contributed by atoms with Crippen LogP contribution < -0.4 is 10.1 Å². The Balaban J connectivity index is 2.01. The topological polar surface area (TPSA) is 47.0 Å². The molecule has 0 aliphatic heterocycles. The van der Waals surface area contributed by atoms with Crippen LogP contribution in [0, 0.1) is 0 Å². The van der Waals surface area contributed by atoms with Gasteiger partial charge in [-0.3, -0.25) is 4.98 Å². The highest BCUT2D eigenvalue weighted by Crippen LogP contribution is 2.20. The van der Waals surface area contributed by atoms with Crippen molar-refractivity contribution in [2.24, 2.45) is 0 Å². The Hall–Kier alpha value is -2.10. The minimum absolute atomic E-state index is 0.509. The second kappa shape index (κ2) is 7.48. The third-order valence-electron chi connectivity index (χ3n) is 2.85. The monoisotopic (exact) mass is 271 g/mol. The minimum atomic E-state index is 0.509. The second-order valence-electron chi connectivity index (χ2n) is 4.67. The van der Waals surface area contributed by atoms with Gasteiger partial charge in [0.25, 0.3) is 0 Å². The molecule has 4 heteroatoms. The first-order chi connectivity index (χ1) is 9.81. The van der Waals surface area contributed by atoms with E-state index in [1.165, 1.54) is 5.56 Å². The SMILES string of the molecule is CCCNc1cncc(Oc2ccc(CCC)cc2)n1. The number of hydrogen-bond donors (Lipinski definition) is 1. The van der Waals surface area contributed by atoms with Crippen molar-refractivity contribution in [2.45, 2.75) is 33.1 Å².